The second-order valence-electron chi connectivity index (χ2n) is 4.21. The van der Waals surface area contributed by atoms with Gasteiger partial charge in [-0.3, -0.25) is 9.59 Å². The molecule has 1 aromatic carbocycles. The molecule has 0 amide bonds. The molecule has 3 rings (SSSR count). The van der Waals surface area contributed by atoms with Gasteiger partial charge in [0.15, 0.2) is 5.78 Å². The van der Waals surface area contributed by atoms with Gasteiger partial charge in [-0.2, -0.15) is 0 Å². The molecule has 0 atom stereocenters. The zero-order chi connectivity index (χ0) is 12.9. The number of carbonyl (C=O) groups excluding carboxylic acids is 1. The molecule has 0 unspecified atom stereocenters. The van der Waals surface area contributed by atoms with Crippen molar-refractivity contribution in [2.75, 3.05) is 0 Å². The molecule has 3 aromatic rings. The first-order valence-electron chi connectivity index (χ1n) is 5.45. The van der Waals surface area contributed by atoms with E-state index in [-0.39, 0.29) is 22.8 Å². The average molecular weight is 242 g/mol. The molecule has 0 aliphatic heterocycles. The van der Waals surface area contributed by atoms with Crippen molar-refractivity contribution in [3.63, 3.8) is 0 Å². The molecule has 0 saturated carbocycles. The minimum atomic E-state index is -0.336. The van der Waals surface area contributed by atoms with Gasteiger partial charge in [0.25, 0.3) is 0 Å². The number of aromatic nitrogens is 2. The van der Waals surface area contributed by atoms with Gasteiger partial charge in [-0.1, -0.05) is 0 Å². The van der Waals surface area contributed by atoms with E-state index in [0.717, 1.165) is 10.9 Å². The highest BCUT2D eigenvalue weighted by Crippen LogP contribution is 2.28. The number of ketones is 1. The first kappa shape index (κ1) is 10.6. The van der Waals surface area contributed by atoms with Crippen molar-refractivity contribution in [1.82, 2.24) is 9.97 Å². The van der Waals surface area contributed by atoms with Crippen molar-refractivity contribution in [2.24, 2.45) is 0 Å². The zero-order valence-electron chi connectivity index (χ0n) is 9.57. The Labute approximate surface area is 101 Å². The quantitative estimate of drug-likeness (QED) is 0.570. The molecule has 2 heterocycles. The van der Waals surface area contributed by atoms with Crippen LogP contribution in [0.25, 0.3) is 21.8 Å². The molecule has 5 heteroatoms. The summed E-state index contributed by atoms with van der Waals surface area (Å²) in [6.45, 7) is 1.40. The van der Waals surface area contributed by atoms with Crippen LogP contribution in [0.5, 0.6) is 5.75 Å². The highest BCUT2D eigenvalue weighted by Gasteiger charge is 2.13. The van der Waals surface area contributed by atoms with Gasteiger partial charge in [-0.25, -0.2) is 0 Å². The number of carbonyl (C=O) groups is 1. The van der Waals surface area contributed by atoms with Gasteiger partial charge in [-0.15, -0.1) is 0 Å². The van der Waals surface area contributed by atoms with Crippen molar-refractivity contribution in [1.29, 1.82) is 0 Å². The summed E-state index contributed by atoms with van der Waals surface area (Å²) in [6.07, 6.45) is 0. The fourth-order valence-electron chi connectivity index (χ4n) is 2.16. The normalized spacial score (nSPS) is 11.2. The van der Waals surface area contributed by atoms with E-state index >= 15 is 0 Å². The van der Waals surface area contributed by atoms with Crippen molar-refractivity contribution < 1.29 is 9.90 Å². The van der Waals surface area contributed by atoms with E-state index in [2.05, 4.69) is 9.97 Å². The maximum Gasteiger partial charge on any atom is 0.249 e. The molecule has 18 heavy (non-hydrogen) atoms. The van der Waals surface area contributed by atoms with E-state index in [1.165, 1.54) is 13.0 Å². The van der Waals surface area contributed by atoms with Crippen molar-refractivity contribution in [2.45, 2.75) is 6.92 Å². The number of Topliss-reactive ketones (excluding diaryl/α,β-unsaturated/α-hetero) is 1. The number of phenols is 1. The van der Waals surface area contributed by atoms with Crippen molar-refractivity contribution in [3.8, 4) is 5.75 Å². The van der Waals surface area contributed by atoms with Crippen LogP contribution in [0, 0.1) is 0 Å². The van der Waals surface area contributed by atoms with Gasteiger partial charge < -0.3 is 15.1 Å². The third-order valence-electron chi connectivity index (χ3n) is 2.95. The van der Waals surface area contributed by atoms with Crippen molar-refractivity contribution in [3.05, 3.63) is 40.3 Å². The van der Waals surface area contributed by atoms with E-state index in [1.807, 2.05) is 0 Å². The van der Waals surface area contributed by atoms with Crippen LogP contribution in [-0.4, -0.2) is 20.9 Å². The van der Waals surface area contributed by atoms with Crippen LogP contribution < -0.4 is 5.56 Å². The Bertz CT molecular complexity index is 842. The van der Waals surface area contributed by atoms with Gasteiger partial charge in [-0.05, 0) is 18.2 Å². The fraction of sp³-hybridized carbons (Fsp3) is 0.0769. The van der Waals surface area contributed by atoms with Gasteiger partial charge >= 0.3 is 0 Å². The summed E-state index contributed by atoms with van der Waals surface area (Å²) in [7, 11) is 0. The van der Waals surface area contributed by atoms with Crippen LogP contribution in [0.4, 0.5) is 0 Å². The lowest BCUT2D eigenvalue weighted by Crippen LogP contribution is -2.10. The number of hydrogen-bond acceptors (Lipinski definition) is 3. The molecule has 5 nitrogen and oxygen atoms in total. The van der Waals surface area contributed by atoms with E-state index in [9.17, 15) is 14.7 Å². The lowest BCUT2D eigenvalue weighted by Gasteiger charge is -1.97. The first-order chi connectivity index (χ1) is 8.56. The number of hydrogen-bond donors (Lipinski definition) is 3. The third kappa shape index (κ3) is 1.41. The van der Waals surface area contributed by atoms with Gasteiger partial charge in [0.05, 0.1) is 5.52 Å². The summed E-state index contributed by atoms with van der Waals surface area (Å²) >= 11 is 0. The monoisotopic (exact) mass is 242 g/mol. The molecule has 0 bridgehead atoms. The molecule has 0 radical (unpaired) electrons. The zero-order valence-corrected chi connectivity index (χ0v) is 9.57. The Hall–Kier alpha value is -2.56. The summed E-state index contributed by atoms with van der Waals surface area (Å²) in [4.78, 5) is 28.7. The molecule has 0 fully saturated rings. The molecule has 0 aliphatic rings. The Balaban J connectivity index is 2.58. The molecule has 90 valence electrons. The minimum Gasteiger partial charge on any atom is -0.508 e. The number of rotatable bonds is 1. The topological polar surface area (TPSA) is 86.0 Å². The number of nitrogens with one attached hydrogen (secondary N) is 2. The number of H-pyrrole nitrogens is 2. The molecular formula is C13H10N2O3. The average Bonchev–Trinajstić information content (AvgIpc) is 2.66. The van der Waals surface area contributed by atoms with Crippen LogP contribution in [0.3, 0.4) is 0 Å². The van der Waals surface area contributed by atoms with Crippen LogP contribution in [0.15, 0.2) is 29.1 Å². The second-order valence-corrected chi connectivity index (χ2v) is 4.21. The largest absolute Gasteiger partial charge is 0.508 e. The molecular weight excluding hydrogens is 232 g/mol. The number of pyridine rings is 1. The number of benzene rings is 1. The maximum absolute atomic E-state index is 11.6. The molecule has 3 N–H and O–H groups in total. The van der Waals surface area contributed by atoms with Crippen LogP contribution in [0.2, 0.25) is 0 Å². The predicted molar refractivity (Wildman–Crippen MR) is 68.1 cm³/mol. The SMILES string of the molecule is CC(=O)c1[nH]c(=O)cc2c1[nH]c1ccc(O)cc12. The van der Waals surface area contributed by atoms with Gasteiger partial charge in [0.1, 0.15) is 11.4 Å². The summed E-state index contributed by atoms with van der Waals surface area (Å²) in [5.41, 5.74) is 1.28. The summed E-state index contributed by atoms with van der Waals surface area (Å²) in [5, 5.41) is 10.8. The highest BCUT2D eigenvalue weighted by molar-refractivity contribution is 6.14. The molecule has 0 aliphatic carbocycles. The van der Waals surface area contributed by atoms with E-state index in [0.29, 0.717) is 10.9 Å². The van der Waals surface area contributed by atoms with Gasteiger partial charge in [0, 0.05) is 29.3 Å². The lowest BCUT2D eigenvalue weighted by atomic mass is 10.1. The van der Waals surface area contributed by atoms with Crippen LogP contribution in [-0.2, 0) is 0 Å². The Morgan fingerprint density at radius 1 is 1.17 bits per heavy atom. The standard InChI is InChI=1S/C13H10N2O3/c1-6(16)12-13-9(5-11(18)15-12)8-4-7(17)2-3-10(8)14-13/h2-5,14,17H,1H3,(H,15,18). The number of aromatic hydroxyl groups is 1. The van der Waals surface area contributed by atoms with E-state index < -0.39 is 0 Å². The first-order valence-corrected chi connectivity index (χ1v) is 5.45. The minimum absolute atomic E-state index is 0.119. The molecule has 0 saturated heterocycles. The van der Waals surface area contributed by atoms with Crippen LogP contribution >= 0.6 is 0 Å². The lowest BCUT2D eigenvalue weighted by molar-refractivity contribution is 0.101. The van der Waals surface area contributed by atoms with E-state index in [4.69, 9.17) is 0 Å². The van der Waals surface area contributed by atoms with E-state index in [1.54, 1.807) is 18.2 Å². The molecule has 0 spiro atoms. The molecule has 2 aromatic heterocycles. The summed E-state index contributed by atoms with van der Waals surface area (Å²) < 4.78 is 0. The predicted octanol–water partition coefficient (Wildman–Crippen LogP) is 1.92. The van der Waals surface area contributed by atoms with Crippen molar-refractivity contribution >= 4 is 27.6 Å². The Kier molecular flexibility index (Phi) is 2.04. The maximum atomic E-state index is 11.6. The summed E-state index contributed by atoms with van der Waals surface area (Å²) in [6, 6.07) is 6.24. The van der Waals surface area contributed by atoms with Gasteiger partial charge in [0.2, 0.25) is 5.56 Å². The number of phenolic OH excluding ortho intramolecular Hbond substituents is 1. The fourth-order valence-corrected chi connectivity index (χ4v) is 2.16. The summed E-state index contributed by atoms with van der Waals surface area (Å²) in [5.74, 6) is -0.0958. The second kappa shape index (κ2) is 3.46. The Morgan fingerprint density at radius 2 is 1.94 bits per heavy atom. The smallest absolute Gasteiger partial charge is 0.249 e. The highest BCUT2D eigenvalue weighted by atomic mass is 16.3. The van der Waals surface area contributed by atoms with Crippen LogP contribution in [0.1, 0.15) is 17.4 Å². The third-order valence-corrected chi connectivity index (χ3v) is 2.95. The Morgan fingerprint density at radius 3 is 2.67 bits per heavy atom. The number of aromatic amines is 2. The number of fused-ring (bicyclic) bond motifs is 3.